The van der Waals surface area contributed by atoms with E-state index in [0.29, 0.717) is 6.61 Å². The fourth-order valence-corrected chi connectivity index (χ4v) is 1.71. The molecular formula is C16H18O2. The Hall–Kier alpha value is -1.96. The van der Waals surface area contributed by atoms with Crippen LogP contribution in [0.4, 0.5) is 0 Å². The van der Waals surface area contributed by atoms with Crippen molar-refractivity contribution in [1.82, 2.24) is 0 Å². The van der Waals surface area contributed by atoms with E-state index in [4.69, 9.17) is 9.47 Å². The molecule has 0 unspecified atom stereocenters. The molecule has 0 N–H and O–H groups in total. The van der Waals surface area contributed by atoms with Gasteiger partial charge in [0.05, 0.1) is 13.7 Å². The van der Waals surface area contributed by atoms with E-state index in [2.05, 4.69) is 31.2 Å². The Morgan fingerprint density at radius 2 is 1.44 bits per heavy atom. The molecule has 0 aromatic heterocycles. The molecule has 0 aliphatic carbocycles. The summed E-state index contributed by atoms with van der Waals surface area (Å²) in [4.78, 5) is 0. The Morgan fingerprint density at radius 1 is 0.833 bits per heavy atom. The zero-order chi connectivity index (χ0) is 12.8. The molecule has 2 rings (SSSR count). The third-order valence-corrected chi connectivity index (χ3v) is 2.84. The first-order valence-electron chi connectivity index (χ1n) is 6.10. The molecule has 0 aliphatic rings. The molecule has 0 fully saturated rings. The van der Waals surface area contributed by atoms with E-state index in [9.17, 15) is 0 Å². The van der Waals surface area contributed by atoms with Gasteiger partial charge in [-0.25, -0.2) is 0 Å². The van der Waals surface area contributed by atoms with E-state index in [0.717, 1.165) is 17.9 Å². The highest BCUT2D eigenvalue weighted by Crippen LogP contribution is 2.17. The Labute approximate surface area is 108 Å². The zero-order valence-corrected chi connectivity index (χ0v) is 10.8. The second kappa shape index (κ2) is 6.10. The van der Waals surface area contributed by atoms with Crippen LogP contribution in [0.5, 0.6) is 11.5 Å². The first kappa shape index (κ1) is 12.5. The second-order valence-corrected chi connectivity index (χ2v) is 4.26. The van der Waals surface area contributed by atoms with Crippen molar-refractivity contribution in [2.24, 2.45) is 0 Å². The number of aryl methyl sites for hydroxylation is 1. The van der Waals surface area contributed by atoms with Crippen LogP contribution in [-0.2, 0) is 6.42 Å². The summed E-state index contributed by atoms with van der Waals surface area (Å²) in [7, 11) is 1.66. The fraction of sp³-hybridized carbons (Fsp3) is 0.250. The third kappa shape index (κ3) is 3.52. The number of rotatable bonds is 5. The van der Waals surface area contributed by atoms with Gasteiger partial charge < -0.3 is 9.47 Å². The van der Waals surface area contributed by atoms with Crippen LogP contribution in [0.1, 0.15) is 11.1 Å². The molecule has 0 saturated carbocycles. The highest BCUT2D eigenvalue weighted by molar-refractivity contribution is 5.31. The Kier molecular flexibility index (Phi) is 4.24. The number of hydrogen-bond acceptors (Lipinski definition) is 2. The van der Waals surface area contributed by atoms with Gasteiger partial charge in [0, 0.05) is 6.42 Å². The molecule has 2 aromatic carbocycles. The van der Waals surface area contributed by atoms with Crippen molar-refractivity contribution < 1.29 is 9.47 Å². The van der Waals surface area contributed by atoms with Gasteiger partial charge in [0.2, 0.25) is 0 Å². The average molecular weight is 242 g/mol. The molecule has 0 radical (unpaired) electrons. The molecule has 0 atom stereocenters. The second-order valence-electron chi connectivity index (χ2n) is 4.26. The minimum atomic E-state index is 0.690. The predicted octanol–water partition coefficient (Wildman–Crippen LogP) is 3.63. The summed E-state index contributed by atoms with van der Waals surface area (Å²) in [6, 6.07) is 16.2. The lowest BCUT2D eigenvalue weighted by Crippen LogP contribution is -2.01. The van der Waals surface area contributed by atoms with Crippen molar-refractivity contribution in [3.05, 3.63) is 59.7 Å². The van der Waals surface area contributed by atoms with Gasteiger partial charge in [0.15, 0.2) is 0 Å². The summed E-state index contributed by atoms with van der Waals surface area (Å²) < 4.78 is 10.8. The van der Waals surface area contributed by atoms with Gasteiger partial charge in [-0.15, -0.1) is 0 Å². The molecule has 18 heavy (non-hydrogen) atoms. The zero-order valence-electron chi connectivity index (χ0n) is 10.8. The van der Waals surface area contributed by atoms with E-state index in [1.807, 2.05) is 24.3 Å². The summed E-state index contributed by atoms with van der Waals surface area (Å²) in [5.74, 6) is 1.73. The lowest BCUT2D eigenvalue weighted by atomic mass is 10.1. The highest BCUT2D eigenvalue weighted by Gasteiger charge is 1.96. The van der Waals surface area contributed by atoms with Gasteiger partial charge in [-0.1, -0.05) is 29.8 Å². The summed E-state index contributed by atoms with van der Waals surface area (Å²) in [5, 5.41) is 0. The van der Waals surface area contributed by atoms with Crippen LogP contribution in [0, 0.1) is 6.92 Å². The van der Waals surface area contributed by atoms with Crippen molar-refractivity contribution >= 4 is 0 Å². The lowest BCUT2D eigenvalue weighted by molar-refractivity contribution is 0.321. The van der Waals surface area contributed by atoms with E-state index >= 15 is 0 Å². The lowest BCUT2D eigenvalue weighted by Gasteiger charge is -2.07. The largest absolute Gasteiger partial charge is 0.497 e. The number of benzene rings is 2. The molecule has 2 nitrogen and oxygen atoms in total. The van der Waals surface area contributed by atoms with Gasteiger partial charge in [0.25, 0.3) is 0 Å². The first-order chi connectivity index (χ1) is 8.78. The molecule has 2 aromatic rings. The number of methoxy groups -OCH3 is 1. The van der Waals surface area contributed by atoms with Crippen LogP contribution in [0.15, 0.2) is 48.5 Å². The Balaban J connectivity index is 1.82. The molecule has 0 amide bonds. The van der Waals surface area contributed by atoms with Crippen LogP contribution < -0.4 is 9.47 Å². The summed E-state index contributed by atoms with van der Waals surface area (Å²) in [5.41, 5.74) is 2.59. The van der Waals surface area contributed by atoms with Gasteiger partial charge in [-0.2, -0.15) is 0 Å². The van der Waals surface area contributed by atoms with Crippen molar-refractivity contribution in [2.75, 3.05) is 13.7 Å². The van der Waals surface area contributed by atoms with Crippen molar-refractivity contribution in [1.29, 1.82) is 0 Å². The topological polar surface area (TPSA) is 18.5 Å². The molecule has 0 saturated heterocycles. The molecule has 0 heterocycles. The SMILES string of the molecule is COc1ccc(OCCc2ccc(C)cc2)cc1. The van der Waals surface area contributed by atoms with Crippen LogP contribution >= 0.6 is 0 Å². The van der Waals surface area contributed by atoms with Crippen LogP contribution in [0.2, 0.25) is 0 Å². The fourth-order valence-electron chi connectivity index (χ4n) is 1.71. The van der Waals surface area contributed by atoms with Crippen molar-refractivity contribution in [3.63, 3.8) is 0 Å². The monoisotopic (exact) mass is 242 g/mol. The van der Waals surface area contributed by atoms with Crippen LogP contribution in [0.25, 0.3) is 0 Å². The van der Waals surface area contributed by atoms with E-state index in [1.54, 1.807) is 7.11 Å². The minimum absolute atomic E-state index is 0.690. The van der Waals surface area contributed by atoms with Gasteiger partial charge in [-0.05, 0) is 36.8 Å². The first-order valence-corrected chi connectivity index (χ1v) is 6.10. The summed E-state index contributed by atoms with van der Waals surface area (Å²) in [6.45, 7) is 2.78. The Bertz CT molecular complexity index is 471. The highest BCUT2D eigenvalue weighted by atomic mass is 16.5. The van der Waals surface area contributed by atoms with Gasteiger partial charge in [0.1, 0.15) is 11.5 Å². The maximum atomic E-state index is 5.68. The smallest absolute Gasteiger partial charge is 0.119 e. The molecular weight excluding hydrogens is 224 g/mol. The van der Waals surface area contributed by atoms with Gasteiger partial charge in [-0.3, -0.25) is 0 Å². The Morgan fingerprint density at radius 3 is 2.06 bits per heavy atom. The third-order valence-electron chi connectivity index (χ3n) is 2.84. The molecule has 0 bridgehead atoms. The van der Waals surface area contributed by atoms with Crippen LogP contribution in [-0.4, -0.2) is 13.7 Å². The van der Waals surface area contributed by atoms with E-state index in [-0.39, 0.29) is 0 Å². The van der Waals surface area contributed by atoms with E-state index < -0.39 is 0 Å². The van der Waals surface area contributed by atoms with E-state index in [1.165, 1.54) is 11.1 Å². The normalized spacial score (nSPS) is 10.1. The van der Waals surface area contributed by atoms with Crippen molar-refractivity contribution in [2.45, 2.75) is 13.3 Å². The minimum Gasteiger partial charge on any atom is -0.497 e. The van der Waals surface area contributed by atoms with Crippen molar-refractivity contribution in [3.8, 4) is 11.5 Å². The average Bonchev–Trinajstić information content (AvgIpc) is 2.42. The molecule has 0 spiro atoms. The maximum Gasteiger partial charge on any atom is 0.119 e. The molecule has 2 heteroatoms. The standard InChI is InChI=1S/C16H18O2/c1-13-3-5-14(6-4-13)11-12-18-16-9-7-15(17-2)8-10-16/h3-10H,11-12H2,1-2H3. The summed E-state index contributed by atoms with van der Waals surface area (Å²) >= 11 is 0. The van der Waals surface area contributed by atoms with Crippen LogP contribution in [0.3, 0.4) is 0 Å². The quantitative estimate of drug-likeness (QED) is 0.797. The number of hydrogen-bond donors (Lipinski definition) is 0. The predicted molar refractivity (Wildman–Crippen MR) is 73.4 cm³/mol. The van der Waals surface area contributed by atoms with Gasteiger partial charge >= 0.3 is 0 Å². The molecule has 0 aliphatic heterocycles. The summed E-state index contributed by atoms with van der Waals surface area (Å²) in [6.07, 6.45) is 0.923. The maximum absolute atomic E-state index is 5.68. The number of ether oxygens (including phenoxy) is 2. The molecule has 94 valence electrons.